The minimum atomic E-state index is -1.16. The van der Waals surface area contributed by atoms with E-state index in [0.29, 0.717) is 11.1 Å². The third kappa shape index (κ3) is 3.08. The van der Waals surface area contributed by atoms with Gasteiger partial charge in [-0.05, 0) is 30.3 Å². The van der Waals surface area contributed by atoms with Crippen LogP contribution in [0.1, 0.15) is 22.0 Å². The van der Waals surface area contributed by atoms with E-state index in [4.69, 9.17) is 0 Å². The number of benzene rings is 2. The second-order valence-corrected chi connectivity index (χ2v) is 5.58. The second-order valence-electron chi connectivity index (χ2n) is 4.73. The summed E-state index contributed by atoms with van der Waals surface area (Å²) in [5.41, 5.74) is 2.09. The molecule has 1 unspecified atom stereocenters. The molecule has 0 spiro atoms. The maximum absolute atomic E-state index is 12.3. The summed E-state index contributed by atoms with van der Waals surface area (Å²) >= 11 is 3.35. The van der Waals surface area contributed by atoms with Gasteiger partial charge in [0.1, 0.15) is 6.10 Å². The van der Waals surface area contributed by atoms with Gasteiger partial charge < -0.3 is 10.0 Å². The number of ketones is 1. The molecular formula is C16H16BrNO2. The van der Waals surface area contributed by atoms with Crippen molar-refractivity contribution in [1.29, 1.82) is 0 Å². The number of nitrogens with zero attached hydrogens (tertiary/aromatic N) is 1. The van der Waals surface area contributed by atoms with E-state index in [9.17, 15) is 9.90 Å². The van der Waals surface area contributed by atoms with Crippen LogP contribution >= 0.6 is 15.9 Å². The van der Waals surface area contributed by atoms with Crippen LogP contribution in [0.5, 0.6) is 0 Å². The number of halogens is 1. The van der Waals surface area contributed by atoms with E-state index in [2.05, 4.69) is 15.9 Å². The standard InChI is InChI=1S/C16H16BrNO2/c1-18(2)12-9-7-11(8-10-12)15(19)16(20)13-5-3-4-6-14(13)17/h3-10,16,20H,1-2H3. The van der Waals surface area contributed by atoms with E-state index in [1.54, 1.807) is 30.3 Å². The van der Waals surface area contributed by atoms with Crippen LogP contribution in [-0.4, -0.2) is 25.0 Å². The highest BCUT2D eigenvalue weighted by Gasteiger charge is 2.21. The Morgan fingerprint density at radius 1 is 1.10 bits per heavy atom. The quantitative estimate of drug-likeness (QED) is 0.871. The zero-order valence-corrected chi connectivity index (χ0v) is 13.0. The van der Waals surface area contributed by atoms with Crippen LogP contribution < -0.4 is 4.90 Å². The Kier molecular flexibility index (Phi) is 4.57. The van der Waals surface area contributed by atoms with Gasteiger partial charge in [0.15, 0.2) is 5.78 Å². The zero-order chi connectivity index (χ0) is 14.7. The number of Topliss-reactive ketones (excluding diaryl/α,β-unsaturated/α-hetero) is 1. The molecule has 0 aliphatic heterocycles. The Bertz CT molecular complexity index is 608. The largest absolute Gasteiger partial charge is 0.380 e. The molecule has 0 saturated carbocycles. The van der Waals surface area contributed by atoms with Gasteiger partial charge in [0.25, 0.3) is 0 Å². The van der Waals surface area contributed by atoms with E-state index in [-0.39, 0.29) is 5.78 Å². The summed E-state index contributed by atoms with van der Waals surface area (Å²) in [5.74, 6) is -0.304. The lowest BCUT2D eigenvalue weighted by atomic mass is 10.00. The first-order valence-electron chi connectivity index (χ1n) is 6.25. The van der Waals surface area contributed by atoms with Gasteiger partial charge in [0.05, 0.1) is 0 Å². The van der Waals surface area contributed by atoms with Crippen molar-refractivity contribution in [3.05, 3.63) is 64.1 Å². The van der Waals surface area contributed by atoms with Gasteiger partial charge in [0, 0.05) is 35.4 Å². The van der Waals surface area contributed by atoms with E-state index in [1.807, 2.05) is 37.2 Å². The number of carbonyl (C=O) groups excluding carboxylic acids is 1. The average molecular weight is 334 g/mol. The van der Waals surface area contributed by atoms with Crippen molar-refractivity contribution in [3.8, 4) is 0 Å². The number of carbonyl (C=O) groups is 1. The number of rotatable bonds is 4. The Hall–Kier alpha value is -1.65. The fourth-order valence-electron chi connectivity index (χ4n) is 1.92. The molecule has 0 bridgehead atoms. The maximum atomic E-state index is 12.3. The average Bonchev–Trinajstić information content (AvgIpc) is 2.46. The lowest BCUT2D eigenvalue weighted by Gasteiger charge is -2.14. The van der Waals surface area contributed by atoms with Crippen molar-refractivity contribution in [2.24, 2.45) is 0 Å². The Balaban J connectivity index is 2.25. The topological polar surface area (TPSA) is 40.5 Å². The Morgan fingerprint density at radius 2 is 1.70 bits per heavy atom. The Morgan fingerprint density at radius 3 is 2.25 bits per heavy atom. The van der Waals surface area contributed by atoms with Crippen LogP contribution in [0.2, 0.25) is 0 Å². The highest BCUT2D eigenvalue weighted by molar-refractivity contribution is 9.10. The molecule has 20 heavy (non-hydrogen) atoms. The summed E-state index contributed by atoms with van der Waals surface area (Å²) in [5, 5.41) is 10.2. The van der Waals surface area contributed by atoms with Gasteiger partial charge >= 0.3 is 0 Å². The maximum Gasteiger partial charge on any atom is 0.195 e. The van der Waals surface area contributed by atoms with Gasteiger partial charge in [-0.2, -0.15) is 0 Å². The summed E-state index contributed by atoms with van der Waals surface area (Å²) in [6.07, 6.45) is -1.16. The van der Waals surface area contributed by atoms with E-state index in [0.717, 1.165) is 10.2 Å². The SMILES string of the molecule is CN(C)c1ccc(C(=O)C(O)c2ccccc2Br)cc1. The smallest absolute Gasteiger partial charge is 0.195 e. The molecule has 0 aromatic heterocycles. The molecule has 0 radical (unpaired) electrons. The molecule has 0 amide bonds. The first-order valence-corrected chi connectivity index (χ1v) is 7.04. The summed E-state index contributed by atoms with van der Waals surface area (Å²) in [4.78, 5) is 14.3. The first kappa shape index (κ1) is 14.8. The molecule has 104 valence electrons. The predicted molar refractivity (Wildman–Crippen MR) is 84.2 cm³/mol. The number of aliphatic hydroxyl groups is 1. The third-order valence-electron chi connectivity index (χ3n) is 3.12. The lowest BCUT2D eigenvalue weighted by Crippen LogP contribution is -2.13. The molecular weight excluding hydrogens is 318 g/mol. The molecule has 0 aliphatic rings. The number of aliphatic hydroxyl groups excluding tert-OH is 1. The number of hydrogen-bond donors (Lipinski definition) is 1. The van der Waals surface area contributed by atoms with Crippen molar-refractivity contribution in [2.45, 2.75) is 6.10 Å². The van der Waals surface area contributed by atoms with Gasteiger partial charge in [-0.1, -0.05) is 34.1 Å². The molecule has 1 atom stereocenters. The van der Waals surface area contributed by atoms with Gasteiger partial charge in [-0.3, -0.25) is 4.79 Å². The van der Waals surface area contributed by atoms with Crippen LogP contribution in [0.3, 0.4) is 0 Å². The van der Waals surface area contributed by atoms with E-state index < -0.39 is 6.10 Å². The summed E-state index contributed by atoms with van der Waals surface area (Å²) in [6, 6.07) is 14.4. The van der Waals surface area contributed by atoms with Crippen molar-refractivity contribution in [1.82, 2.24) is 0 Å². The normalized spacial score (nSPS) is 12.0. The van der Waals surface area contributed by atoms with Gasteiger partial charge in [0.2, 0.25) is 0 Å². The molecule has 4 heteroatoms. The molecule has 2 aromatic rings. The molecule has 0 heterocycles. The van der Waals surface area contributed by atoms with Crippen molar-refractivity contribution >= 4 is 27.4 Å². The van der Waals surface area contributed by atoms with Crippen molar-refractivity contribution in [2.75, 3.05) is 19.0 Å². The van der Waals surface area contributed by atoms with Crippen molar-refractivity contribution < 1.29 is 9.90 Å². The van der Waals surface area contributed by atoms with E-state index in [1.165, 1.54) is 0 Å². The lowest BCUT2D eigenvalue weighted by molar-refractivity contribution is 0.0746. The van der Waals surface area contributed by atoms with Crippen LogP contribution in [0.4, 0.5) is 5.69 Å². The minimum Gasteiger partial charge on any atom is -0.380 e. The predicted octanol–water partition coefficient (Wildman–Crippen LogP) is 3.43. The molecule has 0 saturated heterocycles. The molecule has 2 aromatic carbocycles. The highest BCUT2D eigenvalue weighted by Crippen LogP contribution is 2.26. The van der Waals surface area contributed by atoms with Gasteiger partial charge in [-0.15, -0.1) is 0 Å². The van der Waals surface area contributed by atoms with Crippen LogP contribution in [0.25, 0.3) is 0 Å². The molecule has 1 N–H and O–H groups in total. The molecule has 2 rings (SSSR count). The number of hydrogen-bond acceptors (Lipinski definition) is 3. The minimum absolute atomic E-state index is 0.304. The third-order valence-corrected chi connectivity index (χ3v) is 3.84. The van der Waals surface area contributed by atoms with Crippen LogP contribution in [-0.2, 0) is 0 Å². The highest BCUT2D eigenvalue weighted by atomic mass is 79.9. The van der Waals surface area contributed by atoms with Gasteiger partial charge in [-0.25, -0.2) is 0 Å². The molecule has 0 aliphatic carbocycles. The van der Waals surface area contributed by atoms with Crippen LogP contribution in [0, 0.1) is 0 Å². The summed E-state index contributed by atoms with van der Waals surface area (Å²) in [6.45, 7) is 0. The fourth-order valence-corrected chi connectivity index (χ4v) is 2.42. The first-order chi connectivity index (χ1) is 9.50. The number of anilines is 1. The second kappa shape index (κ2) is 6.20. The summed E-state index contributed by atoms with van der Waals surface area (Å²) < 4.78 is 0.728. The molecule has 3 nitrogen and oxygen atoms in total. The zero-order valence-electron chi connectivity index (χ0n) is 11.4. The Labute approximate surface area is 127 Å². The van der Waals surface area contributed by atoms with Crippen LogP contribution in [0.15, 0.2) is 53.0 Å². The molecule has 0 fully saturated rings. The summed E-state index contributed by atoms with van der Waals surface area (Å²) in [7, 11) is 3.87. The monoisotopic (exact) mass is 333 g/mol. The van der Waals surface area contributed by atoms with Crippen molar-refractivity contribution in [3.63, 3.8) is 0 Å². The van der Waals surface area contributed by atoms with E-state index >= 15 is 0 Å². The fraction of sp³-hybridized carbons (Fsp3) is 0.188.